The minimum absolute atomic E-state index is 0.0379. The minimum atomic E-state index is -0.814. The summed E-state index contributed by atoms with van der Waals surface area (Å²) in [4.78, 5) is 26.9. The van der Waals surface area contributed by atoms with E-state index in [4.69, 9.17) is 0 Å². The van der Waals surface area contributed by atoms with E-state index in [9.17, 15) is 19.8 Å². The fourth-order valence-corrected chi connectivity index (χ4v) is 4.63. The zero-order chi connectivity index (χ0) is 27.9. The Morgan fingerprint density at radius 2 is 1.57 bits per heavy atom. The number of pyridine rings is 1. The molecule has 0 saturated heterocycles. The highest BCUT2D eigenvalue weighted by Crippen LogP contribution is 2.29. The molecule has 8 nitrogen and oxygen atoms in total. The number of carbonyl (C=O) groups is 1. The molecule has 40 heavy (non-hydrogen) atoms. The molecule has 5 rings (SSSR count). The third kappa shape index (κ3) is 6.37. The number of H-pyrrole nitrogens is 1. The summed E-state index contributed by atoms with van der Waals surface area (Å²) in [6, 6.07) is 31.0. The standard InChI is InChI=1S/C32H30N4O4/c37-28-16-14-25(26-15-17-30(39)36-31(26)28)29(38)20-33-19-18-21-10-12-23(13-11-21)34-32(40)35-27-9-5-4-8-24(27)22-6-2-1-3-7-22/h1-17,29,33,37-38H,18-20H2,(H,36,39)(H2,34,35,40)/t29-/m1/s1. The highest BCUT2D eigenvalue weighted by molar-refractivity contribution is 6.02. The molecule has 1 atom stereocenters. The van der Waals surface area contributed by atoms with Crippen molar-refractivity contribution in [3.05, 3.63) is 125 Å². The summed E-state index contributed by atoms with van der Waals surface area (Å²) in [5.41, 5.74) is 5.07. The van der Waals surface area contributed by atoms with Crippen LogP contribution >= 0.6 is 0 Å². The lowest BCUT2D eigenvalue weighted by atomic mass is 10.0. The van der Waals surface area contributed by atoms with Crippen LogP contribution in [0, 0.1) is 0 Å². The monoisotopic (exact) mass is 534 g/mol. The number of fused-ring (bicyclic) bond motifs is 1. The molecule has 0 spiro atoms. The van der Waals surface area contributed by atoms with E-state index >= 15 is 0 Å². The molecule has 2 amide bonds. The zero-order valence-electron chi connectivity index (χ0n) is 21.7. The molecule has 0 aliphatic rings. The summed E-state index contributed by atoms with van der Waals surface area (Å²) in [7, 11) is 0. The van der Waals surface area contributed by atoms with Crippen molar-refractivity contribution in [2.75, 3.05) is 23.7 Å². The van der Waals surface area contributed by atoms with Crippen LogP contribution < -0.4 is 21.5 Å². The largest absolute Gasteiger partial charge is 0.506 e. The number of aromatic amines is 1. The summed E-state index contributed by atoms with van der Waals surface area (Å²) in [6.45, 7) is 0.941. The number of phenols is 1. The van der Waals surface area contributed by atoms with Gasteiger partial charge in [0.25, 0.3) is 0 Å². The number of amides is 2. The Balaban J connectivity index is 1.12. The Hall–Kier alpha value is -4.92. The van der Waals surface area contributed by atoms with Gasteiger partial charge in [-0.05, 0) is 60.0 Å². The molecule has 5 aromatic rings. The van der Waals surface area contributed by atoms with Gasteiger partial charge in [0.2, 0.25) is 5.56 Å². The van der Waals surface area contributed by atoms with Crippen LogP contribution in [-0.4, -0.2) is 34.3 Å². The number of aromatic hydroxyl groups is 1. The summed E-state index contributed by atoms with van der Waals surface area (Å²) in [5, 5.41) is 30.4. The number of hydrogen-bond donors (Lipinski definition) is 6. The first-order chi connectivity index (χ1) is 19.5. The van der Waals surface area contributed by atoms with Gasteiger partial charge in [0.1, 0.15) is 5.75 Å². The van der Waals surface area contributed by atoms with Crippen LogP contribution in [0.1, 0.15) is 17.2 Å². The number of nitrogens with one attached hydrogen (secondary N) is 4. The number of phenolic OH excluding ortho intramolecular Hbond substituents is 1. The lowest BCUT2D eigenvalue weighted by Gasteiger charge is -2.15. The van der Waals surface area contributed by atoms with Crippen LogP contribution in [-0.2, 0) is 6.42 Å². The summed E-state index contributed by atoms with van der Waals surface area (Å²) in [5.74, 6) is -0.0379. The maximum Gasteiger partial charge on any atom is 0.323 e. The molecule has 8 heteroatoms. The number of aliphatic hydroxyl groups is 1. The van der Waals surface area contributed by atoms with Crippen LogP contribution in [0.5, 0.6) is 5.75 Å². The highest BCUT2D eigenvalue weighted by atomic mass is 16.3. The molecular formula is C32H30N4O4. The van der Waals surface area contributed by atoms with E-state index in [1.54, 1.807) is 12.1 Å². The van der Waals surface area contributed by atoms with Crippen molar-refractivity contribution in [2.24, 2.45) is 0 Å². The molecule has 1 heterocycles. The second-order valence-electron chi connectivity index (χ2n) is 9.44. The predicted octanol–water partition coefficient (Wildman–Crippen LogP) is 5.41. The maximum absolute atomic E-state index is 12.7. The van der Waals surface area contributed by atoms with E-state index in [1.807, 2.05) is 78.9 Å². The Morgan fingerprint density at radius 1 is 0.825 bits per heavy atom. The Morgan fingerprint density at radius 3 is 2.38 bits per heavy atom. The van der Waals surface area contributed by atoms with Crippen LogP contribution in [0.3, 0.4) is 0 Å². The normalized spacial score (nSPS) is 11.7. The number of urea groups is 1. The molecule has 6 N–H and O–H groups in total. The number of hydrogen-bond acceptors (Lipinski definition) is 5. The van der Waals surface area contributed by atoms with E-state index in [0.29, 0.717) is 35.2 Å². The quantitative estimate of drug-likeness (QED) is 0.141. The third-order valence-electron chi connectivity index (χ3n) is 6.67. The first kappa shape index (κ1) is 26.7. The van der Waals surface area contributed by atoms with Crippen molar-refractivity contribution in [1.29, 1.82) is 0 Å². The summed E-state index contributed by atoms with van der Waals surface area (Å²) < 4.78 is 0. The van der Waals surface area contributed by atoms with Gasteiger partial charge in [-0.15, -0.1) is 0 Å². The number of benzene rings is 4. The molecule has 0 bridgehead atoms. The number of para-hydroxylation sites is 1. The highest BCUT2D eigenvalue weighted by Gasteiger charge is 2.14. The van der Waals surface area contributed by atoms with Crippen LogP contribution in [0.25, 0.3) is 22.0 Å². The van der Waals surface area contributed by atoms with E-state index in [-0.39, 0.29) is 17.3 Å². The summed E-state index contributed by atoms with van der Waals surface area (Å²) >= 11 is 0. The molecule has 0 aliphatic heterocycles. The number of aromatic nitrogens is 1. The fraction of sp³-hybridized carbons (Fsp3) is 0.125. The van der Waals surface area contributed by atoms with E-state index in [1.165, 1.54) is 12.1 Å². The van der Waals surface area contributed by atoms with E-state index in [2.05, 4.69) is 20.9 Å². The lowest BCUT2D eigenvalue weighted by Crippen LogP contribution is -2.24. The Labute approximate surface area is 231 Å². The molecule has 4 aromatic carbocycles. The average Bonchev–Trinajstić information content (AvgIpc) is 2.97. The van der Waals surface area contributed by atoms with Gasteiger partial charge in [-0.25, -0.2) is 4.79 Å². The first-order valence-corrected chi connectivity index (χ1v) is 13.0. The number of carbonyl (C=O) groups excluding carboxylic acids is 1. The topological polar surface area (TPSA) is 126 Å². The second-order valence-corrected chi connectivity index (χ2v) is 9.44. The SMILES string of the molecule is O=C(Nc1ccc(CCNC[C@@H](O)c2ccc(O)c3[nH]c(=O)ccc23)cc1)Nc1ccccc1-c1ccccc1. The van der Waals surface area contributed by atoms with Gasteiger partial charge in [-0.3, -0.25) is 4.79 Å². The molecule has 1 aromatic heterocycles. The van der Waals surface area contributed by atoms with Gasteiger partial charge in [0, 0.05) is 29.2 Å². The number of rotatable bonds is 9. The van der Waals surface area contributed by atoms with Gasteiger partial charge in [-0.2, -0.15) is 0 Å². The smallest absolute Gasteiger partial charge is 0.323 e. The van der Waals surface area contributed by atoms with Crippen molar-refractivity contribution in [2.45, 2.75) is 12.5 Å². The van der Waals surface area contributed by atoms with Crippen molar-refractivity contribution in [1.82, 2.24) is 10.3 Å². The molecule has 202 valence electrons. The van der Waals surface area contributed by atoms with Gasteiger partial charge in [0.15, 0.2) is 0 Å². The zero-order valence-corrected chi connectivity index (χ0v) is 21.7. The molecule has 0 radical (unpaired) electrons. The summed E-state index contributed by atoms with van der Waals surface area (Å²) in [6.07, 6.45) is -0.0843. The van der Waals surface area contributed by atoms with Crippen molar-refractivity contribution in [3.8, 4) is 16.9 Å². The first-order valence-electron chi connectivity index (χ1n) is 13.0. The molecule has 0 aliphatic carbocycles. The molecule has 0 fully saturated rings. The second kappa shape index (κ2) is 12.3. The van der Waals surface area contributed by atoms with Crippen molar-refractivity contribution in [3.63, 3.8) is 0 Å². The molecule has 0 unspecified atom stereocenters. The molecule has 0 saturated carbocycles. The van der Waals surface area contributed by atoms with Crippen molar-refractivity contribution < 1.29 is 15.0 Å². The van der Waals surface area contributed by atoms with Crippen LogP contribution in [0.2, 0.25) is 0 Å². The van der Waals surface area contributed by atoms with Gasteiger partial charge in [0.05, 0.1) is 17.3 Å². The van der Waals surface area contributed by atoms with Crippen LogP contribution in [0.15, 0.2) is 108 Å². The van der Waals surface area contributed by atoms with Gasteiger partial charge >= 0.3 is 6.03 Å². The third-order valence-corrected chi connectivity index (χ3v) is 6.67. The fourth-order valence-electron chi connectivity index (χ4n) is 4.63. The Bertz CT molecular complexity index is 1670. The minimum Gasteiger partial charge on any atom is -0.506 e. The average molecular weight is 535 g/mol. The maximum atomic E-state index is 12.7. The Kier molecular flexibility index (Phi) is 8.20. The van der Waals surface area contributed by atoms with Gasteiger partial charge < -0.3 is 31.1 Å². The van der Waals surface area contributed by atoms with E-state index in [0.717, 1.165) is 28.8 Å². The van der Waals surface area contributed by atoms with Gasteiger partial charge in [-0.1, -0.05) is 66.7 Å². The number of aliphatic hydroxyl groups excluding tert-OH is 1. The van der Waals surface area contributed by atoms with Crippen LogP contribution in [0.4, 0.5) is 16.2 Å². The predicted molar refractivity (Wildman–Crippen MR) is 159 cm³/mol. The molecular weight excluding hydrogens is 504 g/mol. The van der Waals surface area contributed by atoms with Crippen molar-refractivity contribution >= 4 is 28.3 Å². The lowest BCUT2D eigenvalue weighted by molar-refractivity contribution is 0.176. The van der Waals surface area contributed by atoms with E-state index < -0.39 is 6.10 Å². The number of anilines is 2.